The summed E-state index contributed by atoms with van der Waals surface area (Å²) in [5, 5.41) is 12.0. The van der Waals surface area contributed by atoms with Crippen LogP contribution in [-0.4, -0.2) is 18.0 Å². The molecule has 0 aromatic heterocycles. The lowest BCUT2D eigenvalue weighted by Crippen LogP contribution is -2.01. The van der Waals surface area contributed by atoms with E-state index in [2.05, 4.69) is 0 Å². The molecule has 0 radical (unpaired) electrons. The minimum Gasteiger partial charge on any atom is -0.504 e. The van der Waals surface area contributed by atoms with Gasteiger partial charge in [0, 0.05) is 12.0 Å². The van der Waals surface area contributed by atoms with Crippen LogP contribution < -0.4 is 4.74 Å². The summed E-state index contributed by atoms with van der Waals surface area (Å²) < 4.78 is 5.02. The molecule has 3 nitrogen and oxygen atoms in total. The Morgan fingerprint density at radius 2 is 1.78 bits per heavy atom. The summed E-state index contributed by atoms with van der Waals surface area (Å²) in [7, 11) is 1.51. The van der Waals surface area contributed by atoms with Crippen molar-refractivity contribution in [1.82, 2.24) is 0 Å². The predicted molar refractivity (Wildman–Crippen MR) is 91.3 cm³/mol. The van der Waals surface area contributed by atoms with Crippen LogP contribution in [0.2, 0.25) is 0 Å². The number of ether oxygens (including phenoxy) is 1. The second-order valence-electron chi connectivity index (χ2n) is 5.49. The highest BCUT2D eigenvalue weighted by Gasteiger charge is 2.08. The normalized spacial score (nSPS) is 10.7. The summed E-state index contributed by atoms with van der Waals surface area (Å²) in [6, 6.07) is 19.0. The zero-order chi connectivity index (χ0) is 16.2. The van der Waals surface area contributed by atoms with E-state index >= 15 is 0 Å². The Morgan fingerprint density at radius 1 is 1.00 bits per heavy atom. The van der Waals surface area contributed by atoms with Crippen molar-refractivity contribution in [2.45, 2.75) is 12.8 Å². The van der Waals surface area contributed by atoms with Crippen LogP contribution in [0.4, 0.5) is 0 Å². The monoisotopic (exact) mass is 306 g/mol. The first-order valence-corrected chi connectivity index (χ1v) is 7.55. The highest BCUT2D eigenvalue weighted by molar-refractivity contribution is 6.00. The average Bonchev–Trinajstić information content (AvgIpc) is 2.59. The van der Waals surface area contributed by atoms with Gasteiger partial charge in [0.25, 0.3) is 0 Å². The van der Waals surface area contributed by atoms with Gasteiger partial charge in [0.2, 0.25) is 0 Å². The van der Waals surface area contributed by atoms with E-state index in [9.17, 15) is 9.90 Å². The van der Waals surface area contributed by atoms with Gasteiger partial charge in [-0.15, -0.1) is 0 Å². The lowest BCUT2D eigenvalue weighted by Gasteiger charge is -2.07. The first-order valence-electron chi connectivity index (χ1n) is 7.55. The third kappa shape index (κ3) is 3.34. The topological polar surface area (TPSA) is 46.5 Å². The third-order valence-corrected chi connectivity index (χ3v) is 3.96. The molecular formula is C20H18O3. The fourth-order valence-corrected chi connectivity index (χ4v) is 2.66. The van der Waals surface area contributed by atoms with Crippen LogP contribution in [0, 0.1) is 0 Å². The van der Waals surface area contributed by atoms with Gasteiger partial charge in [-0.05, 0) is 41.0 Å². The van der Waals surface area contributed by atoms with Crippen molar-refractivity contribution in [1.29, 1.82) is 0 Å². The van der Waals surface area contributed by atoms with Gasteiger partial charge in [0.05, 0.1) is 7.11 Å². The number of phenolic OH excluding ortho intramolecular Hbond substituents is 1. The Labute approximate surface area is 135 Å². The molecule has 0 fully saturated rings. The number of hydrogen-bond acceptors (Lipinski definition) is 3. The fraction of sp³-hybridized carbons (Fsp3) is 0.150. The van der Waals surface area contributed by atoms with Crippen LogP contribution in [-0.2, 0) is 6.42 Å². The molecule has 0 unspecified atom stereocenters. The van der Waals surface area contributed by atoms with Crippen LogP contribution in [0.15, 0.2) is 60.7 Å². The van der Waals surface area contributed by atoms with Crippen LogP contribution in [0.3, 0.4) is 0 Å². The molecule has 0 atom stereocenters. The molecule has 23 heavy (non-hydrogen) atoms. The van der Waals surface area contributed by atoms with Gasteiger partial charge < -0.3 is 9.84 Å². The quantitative estimate of drug-likeness (QED) is 0.712. The molecule has 1 N–H and O–H groups in total. The van der Waals surface area contributed by atoms with E-state index in [1.54, 1.807) is 12.1 Å². The highest BCUT2D eigenvalue weighted by atomic mass is 16.5. The zero-order valence-electron chi connectivity index (χ0n) is 13.0. The van der Waals surface area contributed by atoms with Crippen molar-refractivity contribution in [3.8, 4) is 11.5 Å². The number of methoxy groups -OCH3 is 1. The molecule has 3 rings (SSSR count). The molecule has 0 heterocycles. The first-order chi connectivity index (χ1) is 11.2. The predicted octanol–water partition coefficient (Wildman–Crippen LogP) is 4.37. The number of Topliss-reactive ketones (excluding diaryl/α,β-unsaturated/α-hetero) is 1. The van der Waals surface area contributed by atoms with E-state index in [1.807, 2.05) is 48.5 Å². The van der Waals surface area contributed by atoms with Crippen LogP contribution in [0.1, 0.15) is 22.3 Å². The highest BCUT2D eigenvalue weighted by Crippen LogP contribution is 2.27. The van der Waals surface area contributed by atoms with Crippen molar-refractivity contribution in [3.05, 3.63) is 71.8 Å². The molecule has 0 bridgehead atoms. The summed E-state index contributed by atoms with van der Waals surface area (Å²) in [5.41, 5.74) is 1.64. The largest absolute Gasteiger partial charge is 0.504 e. The summed E-state index contributed by atoms with van der Waals surface area (Å²) in [6.07, 6.45) is 0.993. The van der Waals surface area contributed by atoms with E-state index in [0.29, 0.717) is 18.6 Å². The van der Waals surface area contributed by atoms with Crippen molar-refractivity contribution in [2.24, 2.45) is 0 Å². The Hall–Kier alpha value is -2.81. The van der Waals surface area contributed by atoms with E-state index in [1.165, 1.54) is 7.11 Å². The summed E-state index contributed by atoms with van der Waals surface area (Å²) in [5.74, 6) is 0.642. The Bertz CT molecular complexity index is 852. The van der Waals surface area contributed by atoms with Crippen molar-refractivity contribution in [2.75, 3.05) is 7.11 Å². The number of rotatable bonds is 5. The molecule has 3 heteroatoms. The van der Waals surface area contributed by atoms with Gasteiger partial charge in [0.1, 0.15) is 0 Å². The van der Waals surface area contributed by atoms with Gasteiger partial charge in [-0.3, -0.25) is 4.79 Å². The number of aryl methyl sites for hydroxylation is 1. The molecule has 116 valence electrons. The Balaban J connectivity index is 1.72. The SMILES string of the molecule is COc1ccc(CCC(=O)c2ccc3ccccc3c2)cc1O. The maximum Gasteiger partial charge on any atom is 0.163 e. The van der Waals surface area contributed by atoms with Gasteiger partial charge in [-0.2, -0.15) is 0 Å². The number of hydrogen-bond donors (Lipinski definition) is 1. The average molecular weight is 306 g/mol. The van der Waals surface area contributed by atoms with Gasteiger partial charge >= 0.3 is 0 Å². The van der Waals surface area contributed by atoms with Crippen molar-refractivity contribution < 1.29 is 14.6 Å². The molecular weight excluding hydrogens is 288 g/mol. The maximum absolute atomic E-state index is 12.4. The number of ketones is 1. The third-order valence-electron chi connectivity index (χ3n) is 3.96. The fourth-order valence-electron chi connectivity index (χ4n) is 2.66. The zero-order valence-corrected chi connectivity index (χ0v) is 13.0. The van der Waals surface area contributed by atoms with Crippen LogP contribution >= 0.6 is 0 Å². The molecule has 0 aliphatic carbocycles. The van der Waals surface area contributed by atoms with E-state index in [0.717, 1.165) is 21.9 Å². The molecule has 0 amide bonds. The number of carbonyl (C=O) groups excluding carboxylic acids is 1. The number of benzene rings is 3. The molecule has 3 aromatic rings. The number of phenols is 1. The summed E-state index contributed by atoms with van der Waals surface area (Å²) in [6.45, 7) is 0. The smallest absolute Gasteiger partial charge is 0.163 e. The van der Waals surface area contributed by atoms with Crippen molar-refractivity contribution in [3.63, 3.8) is 0 Å². The number of carbonyl (C=O) groups is 1. The Kier molecular flexibility index (Phi) is 4.29. The van der Waals surface area contributed by atoms with Gasteiger partial charge in [0.15, 0.2) is 17.3 Å². The number of fused-ring (bicyclic) bond motifs is 1. The van der Waals surface area contributed by atoms with E-state index < -0.39 is 0 Å². The van der Waals surface area contributed by atoms with Gasteiger partial charge in [-0.25, -0.2) is 0 Å². The second-order valence-corrected chi connectivity index (χ2v) is 5.49. The molecule has 0 aliphatic rings. The lowest BCUT2D eigenvalue weighted by atomic mass is 10.00. The molecule has 0 saturated heterocycles. The van der Waals surface area contributed by atoms with E-state index in [-0.39, 0.29) is 11.5 Å². The Morgan fingerprint density at radius 3 is 2.52 bits per heavy atom. The maximum atomic E-state index is 12.4. The van der Waals surface area contributed by atoms with Crippen LogP contribution in [0.5, 0.6) is 11.5 Å². The minimum absolute atomic E-state index is 0.100. The first kappa shape index (κ1) is 15.1. The lowest BCUT2D eigenvalue weighted by molar-refractivity contribution is 0.0983. The number of aromatic hydroxyl groups is 1. The van der Waals surface area contributed by atoms with Gasteiger partial charge in [-0.1, -0.05) is 42.5 Å². The standard InChI is InChI=1S/C20H18O3/c1-23-20-11-7-14(12-19(20)22)6-10-18(21)17-9-8-15-4-2-3-5-16(15)13-17/h2-5,7-9,11-13,22H,6,10H2,1H3. The molecule has 0 aliphatic heterocycles. The molecule has 0 spiro atoms. The van der Waals surface area contributed by atoms with E-state index in [4.69, 9.17) is 4.74 Å². The summed E-state index contributed by atoms with van der Waals surface area (Å²) >= 11 is 0. The molecule has 3 aromatic carbocycles. The second kappa shape index (κ2) is 6.53. The molecule has 0 saturated carbocycles. The minimum atomic E-state index is 0.100. The summed E-state index contributed by atoms with van der Waals surface area (Å²) in [4.78, 5) is 12.4. The van der Waals surface area contributed by atoms with Crippen molar-refractivity contribution >= 4 is 16.6 Å². The van der Waals surface area contributed by atoms with Crippen LogP contribution in [0.25, 0.3) is 10.8 Å².